The number of phenols is 1. The van der Waals surface area contributed by atoms with Gasteiger partial charge in [-0.25, -0.2) is 4.39 Å². The molecule has 0 aliphatic rings. The summed E-state index contributed by atoms with van der Waals surface area (Å²) in [6, 6.07) is 11.3. The summed E-state index contributed by atoms with van der Waals surface area (Å²) in [5.74, 6) is 0.309. The maximum absolute atomic E-state index is 13.1. The van der Waals surface area contributed by atoms with E-state index in [1.165, 1.54) is 19.2 Å². The number of phenolic OH excluding ortho intramolecular Hbond substituents is 1. The van der Waals surface area contributed by atoms with Crippen LogP contribution < -0.4 is 10.1 Å². The lowest BCUT2D eigenvalue weighted by atomic mass is 10.1. The Labute approximate surface area is 111 Å². The van der Waals surface area contributed by atoms with Crippen molar-refractivity contribution in [3.05, 3.63) is 53.8 Å². The Morgan fingerprint density at radius 1 is 1.21 bits per heavy atom. The predicted octanol–water partition coefficient (Wildman–Crippen LogP) is 3.71. The van der Waals surface area contributed by atoms with Crippen molar-refractivity contribution in [1.29, 1.82) is 0 Å². The number of hydrogen-bond acceptors (Lipinski definition) is 3. The second-order valence-corrected chi connectivity index (χ2v) is 4.27. The third-order valence-electron chi connectivity index (χ3n) is 2.94. The number of rotatable bonds is 4. The van der Waals surface area contributed by atoms with Gasteiger partial charge in [0.1, 0.15) is 17.3 Å². The Kier molecular flexibility index (Phi) is 3.90. The number of para-hydroxylation sites is 1. The zero-order chi connectivity index (χ0) is 13.8. The van der Waals surface area contributed by atoms with Gasteiger partial charge < -0.3 is 15.2 Å². The van der Waals surface area contributed by atoms with Gasteiger partial charge in [-0.2, -0.15) is 0 Å². The van der Waals surface area contributed by atoms with Crippen LogP contribution in [-0.2, 0) is 0 Å². The van der Waals surface area contributed by atoms with Gasteiger partial charge in [-0.1, -0.05) is 18.2 Å². The molecule has 0 fully saturated rings. The molecule has 2 N–H and O–H groups in total. The average molecular weight is 261 g/mol. The van der Waals surface area contributed by atoms with Crippen LogP contribution in [0, 0.1) is 5.82 Å². The first kappa shape index (κ1) is 13.2. The number of hydrogen-bond donors (Lipinski definition) is 2. The number of ether oxygens (including phenoxy) is 1. The normalized spacial score (nSPS) is 11.9. The molecule has 0 amide bonds. The maximum atomic E-state index is 13.1. The van der Waals surface area contributed by atoms with Crippen LogP contribution in [0.1, 0.15) is 18.5 Å². The average Bonchev–Trinajstić information content (AvgIpc) is 2.41. The summed E-state index contributed by atoms with van der Waals surface area (Å²) in [6.45, 7) is 1.91. The van der Waals surface area contributed by atoms with Crippen molar-refractivity contribution < 1.29 is 14.2 Å². The van der Waals surface area contributed by atoms with Crippen LogP contribution >= 0.6 is 0 Å². The largest absolute Gasteiger partial charge is 0.508 e. The molecule has 2 aromatic carbocycles. The summed E-state index contributed by atoms with van der Waals surface area (Å²) in [4.78, 5) is 0. The van der Waals surface area contributed by atoms with Crippen molar-refractivity contribution in [3.63, 3.8) is 0 Å². The minimum Gasteiger partial charge on any atom is -0.508 e. The summed E-state index contributed by atoms with van der Waals surface area (Å²) in [5.41, 5.74) is 1.45. The van der Waals surface area contributed by atoms with E-state index in [4.69, 9.17) is 4.74 Å². The van der Waals surface area contributed by atoms with Gasteiger partial charge in [0.2, 0.25) is 0 Å². The second-order valence-electron chi connectivity index (χ2n) is 4.27. The van der Waals surface area contributed by atoms with Crippen LogP contribution in [-0.4, -0.2) is 12.2 Å². The molecule has 0 aliphatic heterocycles. The molecular formula is C15H16FNO2. The summed E-state index contributed by atoms with van der Waals surface area (Å²) in [5, 5.41) is 13.0. The fourth-order valence-electron chi connectivity index (χ4n) is 1.95. The smallest absolute Gasteiger partial charge is 0.144 e. The van der Waals surface area contributed by atoms with Gasteiger partial charge in [-0.05, 0) is 25.1 Å². The number of aromatic hydroxyl groups is 1. The van der Waals surface area contributed by atoms with E-state index in [0.29, 0.717) is 11.4 Å². The Balaban J connectivity index is 2.24. The standard InChI is InChI=1S/C15H16FNO2/c1-10(12-5-3-4-6-14(12)18)17-13-8-7-11(16)9-15(13)19-2/h3-10,17-18H,1-2H3. The van der Waals surface area contributed by atoms with Crippen molar-refractivity contribution >= 4 is 5.69 Å². The Morgan fingerprint density at radius 3 is 2.63 bits per heavy atom. The molecule has 0 aromatic heterocycles. The molecule has 0 radical (unpaired) electrons. The quantitative estimate of drug-likeness (QED) is 0.881. The van der Waals surface area contributed by atoms with Gasteiger partial charge in [0.25, 0.3) is 0 Å². The maximum Gasteiger partial charge on any atom is 0.144 e. The summed E-state index contributed by atoms with van der Waals surface area (Å²) < 4.78 is 18.2. The molecule has 0 bridgehead atoms. The Hall–Kier alpha value is -2.23. The number of nitrogens with one attached hydrogen (secondary N) is 1. The minimum atomic E-state index is -0.349. The van der Waals surface area contributed by atoms with E-state index in [1.807, 2.05) is 19.1 Å². The van der Waals surface area contributed by atoms with Crippen molar-refractivity contribution in [3.8, 4) is 11.5 Å². The van der Waals surface area contributed by atoms with Crippen LogP contribution in [0.2, 0.25) is 0 Å². The van der Waals surface area contributed by atoms with Crippen LogP contribution in [0.3, 0.4) is 0 Å². The lowest BCUT2D eigenvalue weighted by Crippen LogP contribution is -2.08. The molecule has 100 valence electrons. The van der Waals surface area contributed by atoms with E-state index < -0.39 is 0 Å². The molecule has 0 spiro atoms. The van der Waals surface area contributed by atoms with E-state index >= 15 is 0 Å². The van der Waals surface area contributed by atoms with Crippen LogP contribution in [0.4, 0.5) is 10.1 Å². The molecule has 0 saturated carbocycles. The van der Waals surface area contributed by atoms with Gasteiger partial charge in [0, 0.05) is 11.6 Å². The van der Waals surface area contributed by atoms with E-state index in [0.717, 1.165) is 5.56 Å². The highest BCUT2D eigenvalue weighted by Gasteiger charge is 2.12. The second kappa shape index (κ2) is 5.61. The zero-order valence-corrected chi connectivity index (χ0v) is 10.9. The van der Waals surface area contributed by atoms with Gasteiger partial charge in [-0.15, -0.1) is 0 Å². The number of benzene rings is 2. The third-order valence-corrected chi connectivity index (χ3v) is 2.94. The SMILES string of the molecule is COc1cc(F)ccc1NC(C)c1ccccc1O. The summed E-state index contributed by atoms with van der Waals surface area (Å²) in [7, 11) is 1.49. The van der Waals surface area contributed by atoms with Crippen LogP contribution in [0.15, 0.2) is 42.5 Å². The summed E-state index contributed by atoms with van der Waals surface area (Å²) >= 11 is 0. The highest BCUT2D eigenvalue weighted by molar-refractivity contribution is 5.58. The molecular weight excluding hydrogens is 245 g/mol. The highest BCUT2D eigenvalue weighted by Crippen LogP contribution is 2.31. The third kappa shape index (κ3) is 2.96. The zero-order valence-electron chi connectivity index (χ0n) is 10.9. The van der Waals surface area contributed by atoms with E-state index in [9.17, 15) is 9.50 Å². The van der Waals surface area contributed by atoms with Crippen LogP contribution in [0.25, 0.3) is 0 Å². The summed E-state index contributed by atoms with van der Waals surface area (Å²) in [6.07, 6.45) is 0. The minimum absolute atomic E-state index is 0.124. The highest BCUT2D eigenvalue weighted by atomic mass is 19.1. The van der Waals surface area contributed by atoms with E-state index in [1.54, 1.807) is 18.2 Å². The number of halogens is 1. The first-order valence-corrected chi connectivity index (χ1v) is 6.00. The van der Waals surface area contributed by atoms with Gasteiger partial charge >= 0.3 is 0 Å². The molecule has 0 heterocycles. The molecule has 0 aliphatic carbocycles. The van der Waals surface area contributed by atoms with Gasteiger partial charge in [0.05, 0.1) is 18.8 Å². The predicted molar refractivity (Wildman–Crippen MR) is 73.1 cm³/mol. The van der Waals surface area contributed by atoms with Crippen LogP contribution in [0.5, 0.6) is 11.5 Å². The van der Waals surface area contributed by atoms with Crippen molar-refractivity contribution in [2.75, 3.05) is 12.4 Å². The monoisotopic (exact) mass is 261 g/mol. The van der Waals surface area contributed by atoms with E-state index in [-0.39, 0.29) is 17.6 Å². The lowest BCUT2D eigenvalue weighted by Gasteiger charge is -2.18. The van der Waals surface area contributed by atoms with Crippen molar-refractivity contribution in [1.82, 2.24) is 0 Å². The lowest BCUT2D eigenvalue weighted by molar-refractivity contribution is 0.412. The number of methoxy groups -OCH3 is 1. The fourth-order valence-corrected chi connectivity index (χ4v) is 1.95. The fraction of sp³-hybridized carbons (Fsp3) is 0.200. The van der Waals surface area contributed by atoms with Gasteiger partial charge in [-0.3, -0.25) is 0 Å². The first-order chi connectivity index (χ1) is 9.11. The molecule has 4 heteroatoms. The molecule has 1 atom stereocenters. The molecule has 2 rings (SSSR count). The molecule has 1 unspecified atom stereocenters. The van der Waals surface area contributed by atoms with E-state index in [2.05, 4.69) is 5.32 Å². The topological polar surface area (TPSA) is 41.5 Å². The van der Waals surface area contributed by atoms with Crippen molar-refractivity contribution in [2.24, 2.45) is 0 Å². The number of anilines is 1. The molecule has 2 aromatic rings. The molecule has 3 nitrogen and oxygen atoms in total. The Morgan fingerprint density at radius 2 is 1.95 bits per heavy atom. The van der Waals surface area contributed by atoms with Gasteiger partial charge in [0.15, 0.2) is 0 Å². The van der Waals surface area contributed by atoms with Crippen molar-refractivity contribution in [2.45, 2.75) is 13.0 Å². The Bertz CT molecular complexity index is 572. The molecule has 0 saturated heterocycles. The molecule has 19 heavy (non-hydrogen) atoms. The first-order valence-electron chi connectivity index (χ1n) is 6.00.